The molecule has 1 unspecified atom stereocenters. The van der Waals surface area contributed by atoms with Crippen LogP contribution in [0.1, 0.15) is 42.5 Å². The molecule has 4 aromatic rings. The average molecular weight is 497 g/mol. The maximum Gasteiger partial charge on any atom is 0.326 e. The molecule has 3 aromatic carbocycles. The lowest BCUT2D eigenvalue weighted by Gasteiger charge is -2.35. The summed E-state index contributed by atoms with van der Waals surface area (Å²) in [7, 11) is 1.49. The topological polar surface area (TPSA) is 101 Å². The molecule has 2 heterocycles. The van der Waals surface area contributed by atoms with Gasteiger partial charge in [-0.05, 0) is 55.7 Å². The van der Waals surface area contributed by atoms with Gasteiger partial charge in [-0.1, -0.05) is 60.1 Å². The number of anilines is 1. The van der Waals surface area contributed by atoms with Gasteiger partial charge in [0.1, 0.15) is 0 Å². The van der Waals surface area contributed by atoms with Gasteiger partial charge in [0.15, 0.2) is 11.5 Å². The molecule has 1 aliphatic heterocycles. The number of rotatable bonds is 6. The third-order valence-electron chi connectivity index (χ3n) is 6.59. The lowest BCUT2D eigenvalue weighted by atomic mass is 9.94. The van der Waals surface area contributed by atoms with E-state index in [2.05, 4.69) is 17.4 Å². The molecule has 0 fully saturated rings. The van der Waals surface area contributed by atoms with Gasteiger partial charge in [-0.15, -0.1) is 0 Å². The van der Waals surface area contributed by atoms with Crippen molar-refractivity contribution in [2.24, 2.45) is 0 Å². The van der Waals surface area contributed by atoms with Gasteiger partial charge in [-0.2, -0.15) is 4.98 Å². The summed E-state index contributed by atoms with van der Waals surface area (Å²) in [6, 6.07) is 19.8. The van der Waals surface area contributed by atoms with Crippen molar-refractivity contribution in [1.82, 2.24) is 15.5 Å². The number of benzene rings is 3. The number of ether oxygens (including phenoxy) is 1. The normalized spacial score (nSPS) is 15.6. The standard InChI is InChI=1S/C29H28N4O4/c1-5-19-8-13-22(14-9-19)33-18(3)25(28-31-27(32-37-28)20-10-6-17(2)7-11-20)26(30-29(33)35)21-12-15-24(36-4)23(34)16-21/h6-16,26,34H,5H2,1-4H3,(H,30,35). The quantitative estimate of drug-likeness (QED) is 0.338. The molecular formula is C29H28N4O4. The van der Waals surface area contributed by atoms with Gasteiger partial charge in [-0.3, -0.25) is 4.90 Å². The Kier molecular flexibility index (Phi) is 6.40. The van der Waals surface area contributed by atoms with E-state index >= 15 is 0 Å². The Balaban J connectivity index is 1.64. The fourth-order valence-electron chi connectivity index (χ4n) is 4.50. The van der Waals surface area contributed by atoms with Crippen molar-refractivity contribution in [3.8, 4) is 22.9 Å². The van der Waals surface area contributed by atoms with Crippen LogP contribution in [-0.2, 0) is 6.42 Å². The second-order valence-corrected chi connectivity index (χ2v) is 8.96. The molecule has 0 saturated heterocycles. The molecule has 2 amide bonds. The average Bonchev–Trinajstić information content (AvgIpc) is 3.39. The van der Waals surface area contributed by atoms with Crippen LogP contribution in [0.2, 0.25) is 0 Å². The molecule has 188 valence electrons. The van der Waals surface area contributed by atoms with Crippen molar-refractivity contribution < 1.29 is 19.2 Å². The molecule has 2 N–H and O–H groups in total. The Morgan fingerprint density at radius 3 is 2.43 bits per heavy atom. The van der Waals surface area contributed by atoms with Gasteiger partial charge in [0.2, 0.25) is 5.82 Å². The minimum atomic E-state index is -0.637. The number of carbonyl (C=O) groups is 1. The number of aromatic nitrogens is 2. The van der Waals surface area contributed by atoms with Crippen LogP contribution < -0.4 is 15.0 Å². The Hall–Kier alpha value is -4.59. The predicted octanol–water partition coefficient (Wildman–Crippen LogP) is 6.02. The van der Waals surface area contributed by atoms with Crippen molar-refractivity contribution in [2.45, 2.75) is 33.2 Å². The number of allylic oxidation sites excluding steroid dienone is 1. The zero-order valence-corrected chi connectivity index (χ0v) is 21.1. The van der Waals surface area contributed by atoms with Crippen LogP contribution in [0.4, 0.5) is 10.5 Å². The lowest BCUT2D eigenvalue weighted by molar-refractivity contribution is 0.244. The highest BCUT2D eigenvalue weighted by molar-refractivity contribution is 6.01. The summed E-state index contributed by atoms with van der Waals surface area (Å²) in [5.74, 6) is 1.03. The number of phenolic OH excluding ortho intramolecular Hbond substituents is 1. The molecule has 1 aromatic heterocycles. The van der Waals surface area contributed by atoms with E-state index in [1.54, 1.807) is 23.1 Å². The Morgan fingerprint density at radius 2 is 1.78 bits per heavy atom. The van der Waals surface area contributed by atoms with Gasteiger partial charge in [-0.25, -0.2) is 4.79 Å². The maximum atomic E-state index is 13.4. The number of hydrogen-bond donors (Lipinski definition) is 2. The zero-order chi connectivity index (χ0) is 26.1. The molecule has 0 aliphatic carbocycles. The lowest BCUT2D eigenvalue weighted by Crippen LogP contribution is -2.46. The van der Waals surface area contributed by atoms with E-state index in [0.29, 0.717) is 28.4 Å². The fraction of sp³-hybridized carbons (Fsp3) is 0.207. The monoisotopic (exact) mass is 496 g/mol. The third-order valence-corrected chi connectivity index (χ3v) is 6.59. The maximum absolute atomic E-state index is 13.4. The number of urea groups is 1. The van der Waals surface area contributed by atoms with Crippen molar-refractivity contribution in [2.75, 3.05) is 12.0 Å². The second kappa shape index (κ2) is 9.81. The molecule has 0 saturated carbocycles. The zero-order valence-electron chi connectivity index (χ0n) is 21.1. The van der Waals surface area contributed by atoms with Crippen LogP contribution in [0.15, 0.2) is 77.0 Å². The number of aryl methyl sites for hydroxylation is 2. The summed E-state index contributed by atoms with van der Waals surface area (Å²) in [6.45, 7) is 5.96. The van der Waals surface area contributed by atoms with Crippen molar-refractivity contribution >= 4 is 17.3 Å². The fourth-order valence-corrected chi connectivity index (χ4v) is 4.50. The summed E-state index contributed by atoms with van der Waals surface area (Å²) in [4.78, 5) is 19.7. The predicted molar refractivity (Wildman–Crippen MR) is 141 cm³/mol. The van der Waals surface area contributed by atoms with Crippen LogP contribution in [-0.4, -0.2) is 28.4 Å². The number of aromatic hydroxyl groups is 1. The Bertz CT molecular complexity index is 1470. The first kappa shape index (κ1) is 24.1. The molecule has 0 radical (unpaired) electrons. The molecule has 1 aliphatic rings. The third kappa shape index (κ3) is 4.53. The number of amides is 2. The molecule has 8 heteroatoms. The first-order valence-corrected chi connectivity index (χ1v) is 12.1. The molecule has 5 rings (SSSR count). The van der Waals surface area contributed by atoms with Gasteiger partial charge in [0.05, 0.1) is 24.4 Å². The number of methoxy groups -OCH3 is 1. The van der Waals surface area contributed by atoms with Gasteiger partial charge < -0.3 is 19.7 Å². The van der Waals surface area contributed by atoms with E-state index < -0.39 is 6.04 Å². The summed E-state index contributed by atoms with van der Waals surface area (Å²) in [5, 5.41) is 17.7. The summed E-state index contributed by atoms with van der Waals surface area (Å²) >= 11 is 0. The minimum absolute atomic E-state index is 0.0327. The van der Waals surface area contributed by atoms with E-state index in [0.717, 1.165) is 23.2 Å². The summed E-state index contributed by atoms with van der Waals surface area (Å²) in [5.41, 5.74) is 5.78. The van der Waals surface area contributed by atoms with Gasteiger partial charge in [0.25, 0.3) is 5.89 Å². The largest absolute Gasteiger partial charge is 0.504 e. The van der Waals surface area contributed by atoms with E-state index in [9.17, 15) is 9.90 Å². The Labute approximate surface area is 215 Å². The minimum Gasteiger partial charge on any atom is -0.504 e. The van der Waals surface area contributed by atoms with E-state index in [-0.39, 0.29) is 17.7 Å². The molecule has 0 bridgehead atoms. The Morgan fingerprint density at radius 1 is 1.05 bits per heavy atom. The smallest absolute Gasteiger partial charge is 0.326 e. The second-order valence-electron chi connectivity index (χ2n) is 8.96. The summed E-state index contributed by atoms with van der Waals surface area (Å²) < 4.78 is 11.0. The van der Waals surface area contributed by atoms with E-state index in [4.69, 9.17) is 14.2 Å². The molecule has 8 nitrogen and oxygen atoms in total. The highest BCUT2D eigenvalue weighted by Gasteiger charge is 2.36. The van der Waals surface area contributed by atoms with E-state index in [1.165, 1.54) is 12.7 Å². The number of carbonyl (C=O) groups excluding carboxylic acids is 1. The first-order chi connectivity index (χ1) is 17.9. The van der Waals surface area contributed by atoms with Crippen LogP contribution in [0, 0.1) is 6.92 Å². The SMILES string of the molecule is CCc1ccc(N2C(=O)NC(c3ccc(OC)c(O)c3)C(c3nc(-c4ccc(C)cc4)no3)=C2C)cc1. The van der Waals surface area contributed by atoms with Crippen molar-refractivity contribution in [3.63, 3.8) is 0 Å². The van der Waals surface area contributed by atoms with Gasteiger partial charge >= 0.3 is 6.03 Å². The van der Waals surface area contributed by atoms with Gasteiger partial charge in [0, 0.05) is 11.3 Å². The number of phenols is 1. The number of nitrogens with zero attached hydrogens (tertiary/aromatic N) is 3. The van der Waals surface area contributed by atoms with Crippen molar-refractivity contribution in [1.29, 1.82) is 0 Å². The van der Waals surface area contributed by atoms with Crippen LogP contribution in [0.25, 0.3) is 17.0 Å². The summed E-state index contributed by atoms with van der Waals surface area (Å²) in [6.07, 6.45) is 0.902. The first-order valence-electron chi connectivity index (χ1n) is 12.1. The van der Waals surface area contributed by atoms with Crippen LogP contribution in [0.5, 0.6) is 11.5 Å². The highest BCUT2D eigenvalue weighted by Crippen LogP contribution is 2.41. The van der Waals surface area contributed by atoms with Crippen LogP contribution in [0.3, 0.4) is 0 Å². The molecule has 37 heavy (non-hydrogen) atoms. The van der Waals surface area contributed by atoms with E-state index in [1.807, 2.05) is 62.4 Å². The highest BCUT2D eigenvalue weighted by atomic mass is 16.5. The molecular weight excluding hydrogens is 468 g/mol. The molecule has 1 atom stereocenters. The number of nitrogens with one attached hydrogen (secondary N) is 1. The van der Waals surface area contributed by atoms with Crippen LogP contribution >= 0.6 is 0 Å². The van der Waals surface area contributed by atoms with Crippen molar-refractivity contribution in [3.05, 3.63) is 95.0 Å². The number of hydrogen-bond acceptors (Lipinski definition) is 6. The molecule has 0 spiro atoms.